The summed E-state index contributed by atoms with van der Waals surface area (Å²) in [5, 5.41) is 9.50. The zero-order valence-corrected chi connectivity index (χ0v) is 22.2. The summed E-state index contributed by atoms with van der Waals surface area (Å²) in [5.41, 5.74) is 5.09. The van der Waals surface area contributed by atoms with Gasteiger partial charge in [-0.25, -0.2) is 18.4 Å². The molecule has 9 heteroatoms. The minimum atomic E-state index is -0.781. The van der Waals surface area contributed by atoms with Gasteiger partial charge in [-0.3, -0.25) is 4.98 Å². The van der Waals surface area contributed by atoms with E-state index in [2.05, 4.69) is 56.6 Å². The van der Waals surface area contributed by atoms with E-state index in [1.165, 1.54) is 5.39 Å². The fourth-order valence-corrected chi connectivity index (χ4v) is 6.83. The summed E-state index contributed by atoms with van der Waals surface area (Å²) >= 11 is 0. The number of hydrogen-bond donors (Lipinski definition) is 2. The number of aromatic amines is 1. The molecule has 4 aliphatic rings. The number of rotatable bonds is 8. The van der Waals surface area contributed by atoms with Crippen LogP contribution in [0.2, 0.25) is 0 Å². The third kappa shape index (κ3) is 4.93. The number of fused-ring (bicyclic) bond motifs is 3. The Kier molecular flexibility index (Phi) is 6.34. The molecule has 39 heavy (non-hydrogen) atoms. The van der Waals surface area contributed by atoms with Gasteiger partial charge in [-0.05, 0) is 79.5 Å². The maximum atomic E-state index is 14.2. The molecule has 3 saturated carbocycles. The van der Waals surface area contributed by atoms with E-state index in [4.69, 9.17) is 0 Å². The van der Waals surface area contributed by atoms with Crippen LogP contribution >= 0.6 is 0 Å². The molecule has 0 amide bonds. The number of aromatic nitrogens is 5. The first-order chi connectivity index (χ1) is 19.0. The topological polar surface area (TPSA) is 74.7 Å². The second-order valence-electron chi connectivity index (χ2n) is 11.8. The number of anilines is 1. The standard InChI is InChI=1S/C30H35F2N7/c1-18(27-11-28(32)22-7-21(27)8-22)34-13-25-9-20-3-2-19(6-29(20)36-25)15-39-17-35-30(37-39)23-10-26(14-33-12-23)38-5-4-24(31)16-38/h2-3,6,9-10,12,14,17-18,21-22,24,27-28,34,36H,4-5,7-8,11,13,15-16H2,1H3/t18?,21?,22?,24-,27+,28+/m1/s1. The largest absolute Gasteiger partial charge is 0.367 e. The molecule has 1 aromatic carbocycles. The normalized spacial score (nSPS) is 27.2. The molecule has 0 radical (unpaired) electrons. The highest BCUT2D eigenvalue weighted by Crippen LogP contribution is 2.51. The number of benzene rings is 1. The van der Waals surface area contributed by atoms with Crippen molar-refractivity contribution in [3.05, 3.63) is 60.3 Å². The van der Waals surface area contributed by atoms with Crippen LogP contribution in [0.25, 0.3) is 22.3 Å². The van der Waals surface area contributed by atoms with Crippen LogP contribution in [-0.4, -0.2) is 56.2 Å². The van der Waals surface area contributed by atoms with E-state index in [9.17, 15) is 8.78 Å². The highest BCUT2D eigenvalue weighted by Gasteiger charge is 2.47. The Hall–Kier alpha value is -3.33. The fraction of sp³-hybridized carbons (Fsp3) is 0.500. The lowest BCUT2D eigenvalue weighted by atomic mass is 9.57. The van der Waals surface area contributed by atoms with Crippen LogP contribution in [0.3, 0.4) is 0 Å². The van der Waals surface area contributed by atoms with Gasteiger partial charge in [-0.2, -0.15) is 5.10 Å². The summed E-state index contributed by atoms with van der Waals surface area (Å²) in [6.07, 6.45) is 7.28. The molecule has 4 aromatic rings. The molecule has 4 fully saturated rings. The SMILES string of the molecule is CC(NCc1cc2ccc(Cn3cnc(-c4cncc(N5CC[C@@H](F)C5)c4)n3)cc2[nH]1)[C@@H]1C[C@H](F)C2CC1C2. The number of nitrogens with one attached hydrogen (secondary N) is 2. The number of alkyl halides is 2. The van der Waals surface area contributed by atoms with E-state index < -0.39 is 12.3 Å². The molecule has 1 unspecified atom stereocenters. The number of nitrogens with zero attached hydrogens (tertiary/aromatic N) is 5. The van der Waals surface area contributed by atoms with Gasteiger partial charge in [0.05, 0.1) is 18.4 Å². The van der Waals surface area contributed by atoms with Crippen LogP contribution in [0, 0.1) is 17.8 Å². The van der Waals surface area contributed by atoms with E-state index in [0.29, 0.717) is 62.1 Å². The summed E-state index contributed by atoms with van der Waals surface area (Å²) in [6, 6.07) is 10.9. The van der Waals surface area contributed by atoms with Gasteiger partial charge in [0.1, 0.15) is 18.7 Å². The lowest BCUT2D eigenvalue weighted by Gasteiger charge is -2.50. The van der Waals surface area contributed by atoms with Gasteiger partial charge in [-0.1, -0.05) is 12.1 Å². The molecular formula is C30H35F2N7. The van der Waals surface area contributed by atoms with E-state index in [1.807, 2.05) is 15.6 Å². The Balaban J connectivity index is 0.996. The molecule has 4 heterocycles. The number of H-pyrrole nitrogens is 1. The van der Waals surface area contributed by atoms with Crippen molar-refractivity contribution in [2.75, 3.05) is 18.0 Å². The van der Waals surface area contributed by atoms with Gasteiger partial charge in [0.25, 0.3) is 0 Å². The molecule has 1 saturated heterocycles. The molecule has 1 aliphatic heterocycles. The van der Waals surface area contributed by atoms with Gasteiger partial charge >= 0.3 is 0 Å². The van der Waals surface area contributed by atoms with Gasteiger partial charge in [0.2, 0.25) is 0 Å². The lowest BCUT2D eigenvalue weighted by molar-refractivity contribution is -0.0354. The average molecular weight is 532 g/mol. The van der Waals surface area contributed by atoms with E-state index in [1.54, 1.807) is 18.7 Å². The summed E-state index contributed by atoms with van der Waals surface area (Å²) < 4.78 is 29.7. The van der Waals surface area contributed by atoms with Crippen LogP contribution in [0.4, 0.5) is 14.5 Å². The minimum Gasteiger partial charge on any atom is -0.367 e. The van der Waals surface area contributed by atoms with Crippen LogP contribution < -0.4 is 10.2 Å². The minimum absolute atomic E-state index is 0.310. The lowest BCUT2D eigenvalue weighted by Crippen LogP contribution is -2.50. The van der Waals surface area contributed by atoms with Crippen LogP contribution in [0.1, 0.15) is 43.9 Å². The van der Waals surface area contributed by atoms with Crippen LogP contribution in [0.5, 0.6) is 0 Å². The highest BCUT2D eigenvalue weighted by molar-refractivity contribution is 5.81. The smallest absolute Gasteiger partial charge is 0.182 e. The predicted molar refractivity (Wildman–Crippen MR) is 148 cm³/mol. The predicted octanol–water partition coefficient (Wildman–Crippen LogP) is 5.28. The molecule has 2 N–H and O–H groups in total. The number of pyridine rings is 1. The molecule has 3 aliphatic carbocycles. The third-order valence-electron chi connectivity index (χ3n) is 9.18. The Labute approximate surface area is 227 Å². The second kappa shape index (κ2) is 10.0. The Morgan fingerprint density at radius 3 is 2.82 bits per heavy atom. The second-order valence-corrected chi connectivity index (χ2v) is 11.8. The molecule has 2 bridgehead atoms. The van der Waals surface area contributed by atoms with Gasteiger partial charge < -0.3 is 15.2 Å². The van der Waals surface area contributed by atoms with Crippen molar-refractivity contribution in [2.24, 2.45) is 17.8 Å². The van der Waals surface area contributed by atoms with Crippen molar-refractivity contribution < 1.29 is 8.78 Å². The van der Waals surface area contributed by atoms with Crippen molar-refractivity contribution in [1.82, 2.24) is 30.0 Å². The maximum absolute atomic E-state index is 14.2. The van der Waals surface area contributed by atoms with Crippen LogP contribution in [0.15, 0.2) is 49.1 Å². The molecule has 7 nitrogen and oxygen atoms in total. The Bertz CT molecular complexity index is 1460. The van der Waals surface area contributed by atoms with Crippen molar-refractivity contribution >= 4 is 16.6 Å². The zero-order chi connectivity index (χ0) is 26.5. The molecule has 4 atom stereocenters. The maximum Gasteiger partial charge on any atom is 0.182 e. The first-order valence-corrected chi connectivity index (χ1v) is 14.2. The van der Waals surface area contributed by atoms with Gasteiger partial charge in [0, 0.05) is 48.6 Å². The highest BCUT2D eigenvalue weighted by atomic mass is 19.1. The van der Waals surface area contributed by atoms with E-state index in [-0.39, 0.29) is 0 Å². The quantitative estimate of drug-likeness (QED) is 0.324. The fourth-order valence-electron chi connectivity index (χ4n) is 6.83. The van der Waals surface area contributed by atoms with E-state index in [0.717, 1.165) is 47.4 Å². The van der Waals surface area contributed by atoms with Crippen molar-refractivity contribution in [1.29, 1.82) is 0 Å². The Morgan fingerprint density at radius 1 is 1.10 bits per heavy atom. The Morgan fingerprint density at radius 2 is 2.00 bits per heavy atom. The first-order valence-electron chi connectivity index (χ1n) is 14.2. The molecule has 204 valence electrons. The first kappa shape index (κ1) is 24.7. The molecule has 8 rings (SSSR count). The molecule has 0 spiro atoms. The van der Waals surface area contributed by atoms with Gasteiger partial charge in [0.15, 0.2) is 5.82 Å². The number of halogens is 2. The summed E-state index contributed by atoms with van der Waals surface area (Å²) in [7, 11) is 0. The van der Waals surface area contributed by atoms with Gasteiger partial charge in [-0.15, -0.1) is 0 Å². The average Bonchev–Trinajstić information content (AvgIpc) is 3.66. The summed E-state index contributed by atoms with van der Waals surface area (Å²) in [4.78, 5) is 14.4. The molecule has 3 aromatic heterocycles. The van der Waals surface area contributed by atoms with Crippen molar-refractivity contribution in [2.45, 2.75) is 64.1 Å². The summed E-state index contributed by atoms with van der Waals surface area (Å²) in [6.45, 7) is 4.67. The summed E-state index contributed by atoms with van der Waals surface area (Å²) in [5.74, 6) is 2.08. The van der Waals surface area contributed by atoms with Crippen LogP contribution in [-0.2, 0) is 13.1 Å². The third-order valence-corrected chi connectivity index (χ3v) is 9.18. The molecular weight excluding hydrogens is 496 g/mol. The number of hydrogen-bond acceptors (Lipinski definition) is 5. The van der Waals surface area contributed by atoms with Crippen molar-refractivity contribution in [3.8, 4) is 11.4 Å². The van der Waals surface area contributed by atoms with E-state index >= 15 is 0 Å². The zero-order valence-electron chi connectivity index (χ0n) is 22.2. The monoisotopic (exact) mass is 531 g/mol. The van der Waals surface area contributed by atoms with Crippen molar-refractivity contribution in [3.63, 3.8) is 0 Å².